The van der Waals surface area contributed by atoms with Crippen molar-refractivity contribution in [2.45, 2.75) is 31.0 Å². The van der Waals surface area contributed by atoms with Gasteiger partial charge in [0.1, 0.15) is 28.7 Å². The third kappa shape index (κ3) is 4.92. The SMILES string of the molecule is Nc1nccn2c(C3CCC4COCCN4C3)nc(-c3ccc(C(=O)Nc4cc(C(F)(F)F)ccn4)cc3)c12. The number of rotatable bonds is 4. The molecule has 0 aliphatic carbocycles. The molecule has 6 rings (SSSR count). The molecule has 12 heteroatoms. The second kappa shape index (κ2) is 9.93. The molecular formula is C27H26F3N7O2. The van der Waals surface area contributed by atoms with Crippen LogP contribution in [0, 0.1) is 0 Å². The van der Waals surface area contributed by atoms with Gasteiger partial charge < -0.3 is 15.8 Å². The Morgan fingerprint density at radius 3 is 2.72 bits per heavy atom. The Morgan fingerprint density at radius 2 is 1.92 bits per heavy atom. The maximum atomic E-state index is 13.0. The number of pyridine rings is 1. The summed E-state index contributed by atoms with van der Waals surface area (Å²) in [7, 11) is 0. The van der Waals surface area contributed by atoms with Crippen LogP contribution < -0.4 is 11.1 Å². The third-order valence-corrected chi connectivity index (χ3v) is 7.38. The van der Waals surface area contributed by atoms with E-state index in [4.69, 9.17) is 15.5 Å². The molecule has 2 atom stereocenters. The van der Waals surface area contributed by atoms with Gasteiger partial charge in [0.25, 0.3) is 5.91 Å². The van der Waals surface area contributed by atoms with Crippen LogP contribution >= 0.6 is 0 Å². The molecule has 0 radical (unpaired) electrons. The van der Waals surface area contributed by atoms with Gasteiger partial charge in [0.15, 0.2) is 0 Å². The molecule has 9 nitrogen and oxygen atoms in total. The molecule has 2 aliphatic rings. The zero-order valence-corrected chi connectivity index (χ0v) is 20.9. The highest BCUT2D eigenvalue weighted by atomic mass is 19.4. The Morgan fingerprint density at radius 1 is 1.10 bits per heavy atom. The lowest BCUT2D eigenvalue weighted by atomic mass is 9.91. The second-order valence-corrected chi connectivity index (χ2v) is 9.81. The summed E-state index contributed by atoms with van der Waals surface area (Å²) < 4.78 is 46.6. The van der Waals surface area contributed by atoms with Crippen LogP contribution in [0.4, 0.5) is 24.8 Å². The fourth-order valence-corrected chi connectivity index (χ4v) is 5.39. The largest absolute Gasteiger partial charge is 0.416 e. The Bertz CT molecular complexity index is 1520. The van der Waals surface area contributed by atoms with Gasteiger partial charge in [-0.1, -0.05) is 12.1 Å². The fourth-order valence-electron chi connectivity index (χ4n) is 5.39. The number of nitrogens with two attached hydrogens (primary N) is 1. The van der Waals surface area contributed by atoms with Crippen LogP contribution in [0.1, 0.15) is 40.5 Å². The summed E-state index contributed by atoms with van der Waals surface area (Å²) in [5.74, 6) is 0.720. The Kier molecular flexibility index (Phi) is 6.43. The van der Waals surface area contributed by atoms with Crippen molar-refractivity contribution in [1.82, 2.24) is 24.3 Å². The number of carbonyl (C=O) groups excluding carboxylic acids is 1. The number of fused-ring (bicyclic) bond motifs is 2. The predicted octanol–water partition coefficient (Wildman–Crippen LogP) is 4.22. The average molecular weight is 538 g/mol. The normalized spacial score (nSPS) is 20.1. The maximum Gasteiger partial charge on any atom is 0.416 e. The number of nitrogen functional groups attached to an aromatic ring is 1. The molecule has 0 spiro atoms. The molecule has 2 fully saturated rings. The summed E-state index contributed by atoms with van der Waals surface area (Å²) in [6, 6.07) is 8.75. The molecule has 2 unspecified atom stereocenters. The van der Waals surface area contributed by atoms with E-state index in [1.165, 1.54) is 0 Å². The van der Waals surface area contributed by atoms with Crippen LogP contribution in [0.2, 0.25) is 0 Å². The first kappa shape index (κ1) is 25.3. The number of hydrogen-bond acceptors (Lipinski definition) is 7. The quantitative estimate of drug-likeness (QED) is 0.401. The lowest BCUT2D eigenvalue weighted by molar-refractivity contribution is -0.137. The van der Waals surface area contributed by atoms with Crippen LogP contribution in [0.5, 0.6) is 0 Å². The van der Waals surface area contributed by atoms with Crippen LogP contribution in [0.3, 0.4) is 0 Å². The van der Waals surface area contributed by atoms with Crippen molar-refractivity contribution in [2.75, 3.05) is 37.4 Å². The highest BCUT2D eigenvalue weighted by Crippen LogP contribution is 2.36. The first-order chi connectivity index (χ1) is 18.8. The van der Waals surface area contributed by atoms with E-state index in [2.05, 4.69) is 20.2 Å². The van der Waals surface area contributed by atoms with Crippen LogP contribution in [0.15, 0.2) is 55.0 Å². The van der Waals surface area contributed by atoms with Gasteiger partial charge in [-0.2, -0.15) is 13.2 Å². The summed E-state index contributed by atoms with van der Waals surface area (Å²) >= 11 is 0. The van der Waals surface area contributed by atoms with Crippen molar-refractivity contribution in [3.05, 3.63) is 71.9 Å². The van der Waals surface area contributed by atoms with Gasteiger partial charge in [-0.3, -0.25) is 14.1 Å². The number of nitrogens with one attached hydrogen (secondary N) is 1. The molecule has 3 aromatic heterocycles. The summed E-state index contributed by atoms with van der Waals surface area (Å²) in [5, 5.41) is 2.43. The number of benzene rings is 1. The minimum Gasteiger partial charge on any atom is -0.382 e. The van der Waals surface area contributed by atoms with Gasteiger partial charge in [0.05, 0.1) is 18.8 Å². The number of imidazole rings is 1. The zero-order valence-electron chi connectivity index (χ0n) is 20.9. The second-order valence-electron chi connectivity index (χ2n) is 9.81. The molecule has 1 amide bonds. The Balaban J connectivity index is 1.27. The molecule has 2 aliphatic heterocycles. The number of alkyl halides is 3. The number of ether oxygens (including phenoxy) is 1. The lowest BCUT2D eigenvalue weighted by Gasteiger charge is -2.41. The van der Waals surface area contributed by atoms with E-state index >= 15 is 0 Å². The number of halogens is 3. The van der Waals surface area contributed by atoms with Crippen molar-refractivity contribution in [3.8, 4) is 11.3 Å². The van der Waals surface area contributed by atoms with Gasteiger partial charge in [-0.25, -0.2) is 15.0 Å². The minimum atomic E-state index is -4.53. The molecule has 5 heterocycles. The number of amides is 1. The maximum absolute atomic E-state index is 13.0. The van der Waals surface area contributed by atoms with Crippen molar-refractivity contribution < 1.29 is 22.7 Å². The predicted molar refractivity (Wildman–Crippen MR) is 138 cm³/mol. The number of morpholine rings is 1. The summed E-state index contributed by atoms with van der Waals surface area (Å²) in [5.41, 5.74) is 7.77. The van der Waals surface area contributed by atoms with E-state index in [9.17, 15) is 18.0 Å². The first-order valence-corrected chi connectivity index (χ1v) is 12.7. The molecule has 0 saturated carbocycles. The van der Waals surface area contributed by atoms with Crippen LogP contribution in [0.25, 0.3) is 16.8 Å². The van der Waals surface area contributed by atoms with Crippen molar-refractivity contribution >= 4 is 23.1 Å². The topological polar surface area (TPSA) is 111 Å². The number of anilines is 2. The van der Waals surface area contributed by atoms with Gasteiger partial charge >= 0.3 is 6.18 Å². The summed E-state index contributed by atoms with van der Waals surface area (Å²) in [4.78, 5) is 28.3. The highest BCUT2D eigenvalue weighted by molar-refractivity contribution is 6.04. The van der Waals surface area contributed by atoms with E-state index in [0.717, 1.165) is 68.9 Å². The molecule has 0 bridgehead atoms. The number of nitrogens with zero attached hydrogens (tertiary/aromatic N) is 5. The molecule has 202 valence electrons. The highest BCUT2D eigenvalue weighted by Gasteiger charge is 2.34. The Labute approximate surface area is 221 Å². The summed E-state index contributed by atoms with van der Waals surface area (Å²) in [6.07, 6.45) is 2.01. The molecule has 4 aromatic rings. The number of aromatic nitrogens is 4. The van der Waals surface area contributed by atoms with E-state index < -0.39 is 17.6 Å². The molecule has 3 N–H and O–H groups in total. The standard InChI is InChI=1S/C27H26F3N7O2/c28-27(29,30)19-7-8-32-21(13-19)34-26(38)17-3-1-16(2-4-17)22-23-24(31)33-9-10-37(23)25(35-22)18-5-6-20-15-39-12-11-36(20)14-18/h1-4,7-10,13,18,20H,5-6,11-12,14-15H2,(H2,31,33)(H,32,34,38). The van der Waals surface area contributed by atoms with Crippen LogP contribution in [-0.4, -0.2) is 62.5 Å². The molecular weight excluding hydrogens is 511 g/mol. The Hall–Kier alpha value is -4.03. The van der Waals surface area contributed by atoms with Crippen LogP contribution in [-0.2, 0) is 10.9 Å². The van der Waals surface area contributed by atoms with Gasteiger partial charge in [0.2, 0.25) is 0 Å². The molecule has 1 aromatic carbocycles. The average Bonchev–Trinajstić information content (AvgIpc) is 3.33. The van der Waals surface area contributed by atoms with Crippen molar-refractivity contribution in [2.24, 2.45) is 0 Å². The zero-order chi connectivity index (χ0) is 27.1. The van der Waals surface area contributed by atoms with Gasteiger partial charge in [-0.15, -0.1) is 0 Å². The molecule has 39 heavy (non-hydrogen) atoms. The monoisotopic (exact) mass is 537 g/mol. The van der Waals surface area contributed by atoms with E-state index in [1.807, 2.05) is 10.6 Å². The van der Waals surface area contributed by atoms with Crippen molar-refractivity contribution in [1.29, 1.82) is 0 Å². The number of hydrogen-bond donors (Lipinski definition) is 2. The third-order valence-electron chi connectivity index (χ3n) is 7.38. The van der Waals surface area contributed by atoms with E-state index in [0.29, 0.717) is 23.1 Å². The lowest BCUT2D eigenvalue weighted by Crippen LogP contribution is -2.50. The minimum absolute atomic E-state index is 0.183. The van der Waals surface area contributed by atoms with E-state index in [-0.39, 0.29) is 17.3 Å². The van der Waals surface area contributed by atoms with Gasteiger partial charge in [-0.05, 0) is 37.1 Å². The molecule has 2 saturated heterocycles. The summed E-state index contributed by atoms with van der Waals surface area (Å²) in [6.45, 7) is 3.29. The van der Waals surface area contributed by atoms with E-state index in [1.54, 1.807) is 30.5 Å². The number of piperidine rings is 1. The fraction of sp³-hybridized carbons (Fsp3) is 0.333. The van der Waals surface area contributed by atoms with Crippen molar-refractivity contribution in [3.63, 3.8) is 0 Å². The first-order valence-electron chi connectivity index (χ1n) is 12.7. The number of carbonyl (C=O) groups is 1. The smallest absolute Gasteiger partial charge is 0.382 e. The van der Waals surface area contributed by atoms with Gasteiger partial charge in [0, 0.05) is 54.8 Å².